The van der Waals surface area contributed by atoms with Crippen molar-refractivity contribution in [2.75, 3.05) is 13.1 Å². The molecule has 0 spiro atoms. The lowest BCUT2D eigenvalue weighted by Gasteiger charge is -2.06. The van der Waals surface area contributed by atoms with Crippen molar-refractivity contribution in [2.45, 2.75) is 0 Å². The maximum absolute atomic E-state index is 11.2. The number of guanidine groups is 1. The van der Waals surface area contributed by atoms with Crippen LogP contribution in [0.4, 0.5) is 10.5 Å². The van der Waals surface area contributed by atoms with Crippen LogP contribution in [0.25, 0.3) is 0 Å². The highest BCUT2D eigenvalue weighted by molar-refractivity contribution is 6.38. The molecule has 1 aromatic carbocycles. The Kier molecular flexibility index (Phi) is 11.0. The number of carbonyl (C=O) groups is 1. The second-order valence-corrected chi connectivity index (χ2v) is 4.51. The summed E-state index contributed by atoms with van der Waals surface area (Å²) in [4.78, 5) is 27.4. The minimum Gasteiger partial charge on any atom is -0.369 e. The van der Waals surface area contributed by atoms with Gasteiger partial charge >= 0.3 is 6.03 Å². The van der Waals surface area contributed by atoms with E-state index in [1.165, 1.54) is 6.08 Å². The monoisotopic (exact) mass is 365 g/mol. The first-order chi connectivity index (χ1) is 11.5. The van der Waals surface area contributed by atoms with E-state index in [4.69, 9.17) is 41.8 Å². The summed E-state index contributed by atoms with van der Waals surface area (Å²) in [5, 5.41) is 5.31. The zero-order valence-corrected chi connectivity index (χ0v) is 13.9. The molecular formula is C15H13Cl2N5O2. The van der Waals surface area contributed by atoms with E-state index in [1.807, 2.05) is 0 Å². The van der Waals surface area contributed by atoms with Gasteiger partial charge < -0.3 is 11.1 Å². The molecule has 4 N–H and O–H groups in total. The number of hydrogen-bond acceptors (Lipinski definition) is 4. The van der Waals surface area contributed by atoms with E-state index in [-0.39, 0.29) is 24.7 Å². The molecule has 0 bridgehead atoms. The van der Waals surface area contributed by atoms with Gasteiger partial charge in [0.15, 0.2) is 0 Å². The minimum atomic E-state index is -0.558. The van der Waals surface area contributed by atoms with Crippen molar-refractivity contribution >= 4 is 47.0 Å². The first-order valence-electron chi connectivity index (χ1n) is 6.19. The van der Waals surface area contributed by atoms with Crippen molar-refractivity contribution in [1.82, 2.24) is 10.6 Å². The normalized spacial score (nSPS) is 9.25. The molecule has 2 amide bonds. The number of nitrogens with zero attached hydrogens (tertiary/aromatic N) is 2. The molecule has 0 saturated carbocycles. The second-order valence-electron chi connectivity index (χ2n) is 3.69. The standard InChI is InChI=1S/C11H10Cl2N4O.C4H3NO/c1-2-6-15-11(18)17-10(14)16-9-7(12)4-3-5-8(9)13;1-2-3-5-4-6/h1,3-5H,6H2,(H4,14,15,16,17,18);1H,3H2. The van der Waals surface area contributed by atoms with Crippen LogP contribution < -0.4 is 16.4 Å². The Labute approximate surface area is 149 Å². The highest BCUT2D eigenvalue weighted by Crippen LogP contribution is 2.32. The van der Waals surface area contributed by atoms with Gasteiger partial charge in [-0.15, -0.1) is 12.8 Å². The summed E-state index contributed by atoms with van der Waals surface area (Å²) in [5.74, 6) is 4.25. The molecule has 0 fully saturated rings. The number of amides is 2. The first-order valence-corrected chi connectivity index (χ1v) is 6.95. The Morgan fingerprint density at radius 3 is 2.33 bits per heavy atom. The van der Waals surface area contributed by atoms with Gasteiger partial charge in [0.05, 0.1) is 16.6 Å². The quantitative estimate of drug-likeness (QED) is 0.329. The summed E-state index contributed by atoms with van der Waals surface area (Å²) >= 11 is 11.8. The molecule has 7 nitrogen and oxygen atoms in total. The lowest BCUT2D eigenvalue weighted by Crippen LogP contribution is -2.43. The van der Waals surface area contributed by atoms with Crippen molar-refractivity contribution in [3.05, 3.63) is 28.2 Å². The molecule has 1 aromatic rings. The molecular weight excluding hydrogens is 353 g/mol. The first kappa shape index (κ1) is 21.0. The van der Waals surface area contributed by atoms with Crippen LogP contribution in [0.5, 0.6) is 0 Å². The van der Waals surface area contributed by atoms with Crippen molar-refractivity contribution < 1.29 is 9.59 Å². The van der Waals surface area contributed by atoms with Crippen LogP contribution in [0, 0.1) is 24.7 Å². The Morgan fingerprint density at radius 1 is 1.25 bits per heavy atom. The van der Waals surface area contributed by atoms with Gasteiger partial charge in [-0.2, -0.15) is 4.99 Å². The fourth-order valence-electron chi connectivity index (χ4n) is 1.11. The maximum Gasteiger partial charge on any atom is 0.322 e. The number of nitrogens with two attached hydrogens (primary N) is 1. The molecule has 0 aromatic heterocycles. The molecule has 0 unspecified atom stereocenters. The summed E-state index contributed by atoms with van der Waals surface area (Å²) in [6, 6.07) is 4.33. The van der Waals surface area contributed by atoms with Crippen LogP contribution >= 0.6 is 23.2 Å². The van der Waals surface area contributed by atoms with Crippen molar-refractivity contribution in [2.24, 2.45) is 15.7 Å². The zero-order valence-electron chi connectivity index (χ0n) is 12.3. The number of para-hydroxylation sites is 1. The summed E-state index contributed by atoms with van der Waals surface area (Å²) in [6.45, 7) is 0.232. The fraction of sp³-hybridized carbons (Fsp3) is 0.133. The number of carbonyl (C=O) groups excluding carboxylic acids is 2. The third-order valence-corrected chi connectivity index (χ3v) is 2.61. The SMILES string of the molecule is C#CCN=C=O.C#CCNC(=O)NC(N)=Nc1c(Cl)cccc1Cl. The number of terminal acetylenes is 2. The summed E-state index contributed by atoms with van der Waals surface area (Å²) in [5.41, 5.74) is 5.81. The Hall–Kier alpha value is -2.96. The average Bonchev–Trinajstić information content (AvgIpc) is 2.55. The van der Waals surface area contributed by atoms with Gasteiger partial charge in [0.25, 0.3) is 0 Å². The lowest BCUT2D eigenvalue weighted by atomic mass is 10.3. The largest absolute Gasteiger partial charge is 0.369 e. The molecule has 0 aliphatic rings. The Bertz CT molecular complexity index is 708. The molecule has 0 heterocycles. The maximum atomic E-state index is 11.2. The minimum absolute atomic E-state index is 0.0892. The molecule has 1 rings (SSSR count). The van der Waals surface area contributed by atoms with Crippen LogP contribution in [0.15, 0.2) is 28.2 Å². The molecule has 0 radical (unpaired) electrons. The topological polar surface area (TPSA) is 109 Å². The number of aliphatic imine (C=N–C) groups is 2. The molecule has 0 aliphatic carbocycles. The number of hydrogen-bond donors (Lipinski definition) is 3. The van der Waals surface area contributed by atoms with Gasteiger partial charge in [0, 0.05) is 0 Å². The van der Waals surface area contributed by atoms with Crippen LogP contribution in [0.3, 0.4) is 0 Å². The lowest BCUT2D eigenvalue weighted by molar-refractivity contribution is 0.246. The molecule has 0 aliphatic heterocycles. The summed E-state index contributed by atoms with van der Waals surface area (Å²) in [7, 11) is 0. The third-order valence-electron chi connectivity index (χ3n) is 2.00. The third kappa shape index (κ3) is 9.14. The number of isocyanates is 1. The van der Waals surface area contributed by atoms with Gasteiger partial charge in [-0.1, -0.05) is 41.1 Å². The summed E-state index contributed by atoms with van der Waals surface area (Å²) in [6.07, 6.45) is 11.0. The van der Waals surface area contributed by atoms with Gasteiger partial charge in [0.2, 0.25) is 12.0 Å². The average molecular weight is 366 g/mol. The number of rotatable bonds is 3. The van der Waals surface area contributed by atoms with E-state index in [2.05, 4.69) is 32.5 Å². The molecule has 124 valence electrons. The molecule has 0 saturated heterocycles. The predicted octanol–water partition coefficient (Wildman–Crippen LogP) is 1.83. The van der Waals surface area contributed by atoms with Gasteiger partial charge in [-0.25, -0.2) is 14.6 Å². The molecule has 24 heavy (non-hydrogen) atoms. The highest BCUT2D eigenvalue weighted by Gasteiger charge is 2.06. The zero-order chi connectivity index (χ0) is 18.4. The number of benzene rings is 1. The van der Waals surface area contributed by atoms with Crippen LogP contribution in [-0.4, -0.2) is 31.2 Å². The second kappa shape index (κ2) is 12.6. The number of urea groups is 1. The van der Waals surface area contributed by atoms with E-state index in [9.17, 15) is 9.59 Å². The molecule has 0 atom stereocenters. The predicted molar refractivity (Wildman–Crippen MR) is 94.9 cm³/mol. The summed E-state index contributed by atoms with van der Waals surface area (Å²) < 4.78 is 0. The van der Waals surface area contributed by atoms with Crippen LogP contribution in [-0.2, 0) is 4.79 Å². The van der Waals surface area contributed by atoms with Crippen LogP contribution in [0.1, 0.15) is 0 Å². The van der Waals surface area contributed by atoms with Gasteiger partial charge in [-0.3, -0.25) is 5.32 Å². The Balaban J connectivity index is 0.000000754. The van der Waals surface area contributed by atoms with Crippen molar-refractivity contribution in [3.8, 4) is 24.7 Å². The highest BCUT2D eigenvalue weighted by atomic mass is 35.5. The Morgan fingerprint density at radius 2 is 1.88 bits per heavy atom. The number of halogens is 2. The van der Waals surface area contributed by atoms with E-state index < -0.39 is 6.03 Å². The van der Waals surface area contributed by atoms with E-state index in [0.29, 0.717) is 10.0 Å². The van der Waals surface area contributed by atoms with E-state index in [1.54, 1.807) is 18.2 Å². The van der Waals surface area contributed by atoms with Crippen LogP contribution in [0.2, 0.25) is 10.0 Å². The smallest absolute Gasteiger partial charge is 0.322 e. The fourth-order valence-corrected chi connectivity index (χ4v) is 1.60. The number of nitrogens with one attached hydrogen (secondary N) is 2. The van der Waals surface area contributed by atoms with Gasteiger partial charge in [-0.05, 0) is 12.1 Å². The van der Waals surface area contributed by atoms with Crippen molar-refractivity contribution in [1.29, 1.82) is 0 Å². The molecule has 9 heteroatoms. The van der Waals surface area contributed by atoms with E-state index >= 15 is 0 Å². The van der Waals surface area contributed by atoms with Gasteiger partial charge in [0.1, 0.15) is 12.2 Å². The van der Waals surface area contributed by atoms with E-state index in [0.717, 1.165) is 0 Å². The van der Waals surface area contributed by atoms with Crippen molar-refractivity contribution in [3.63, 3.8) is 0 Å².